The smallest absolute Gasteiger partial charge is 0.266 e. The van der Waals surface area contributed by atoms with Gasteiger partial charge in [-0.2, -0.15) is 5.10 Å². The first-order chi connectivity index (χ1) is 10.8. The van der Waals surface area contributed by atoms with Crippen molar-refractivity contribution < 1.29 is 13.2 Å². The first kappa shape index (κ1) is 17.5. The summed E-state index contributed by atoms with van der Waals surface area (Å²) in [5.74, 6) is 0.188. The molecule has 0 spiro atoms. The van der Waals surface area contributed by atoms with E-state index in [0.717, 1.165) is 0 Å². The zero-order valence-electron chi connectivity index (χ0n) is 12.6. The normalized spacial score (nSPS) is 11.4. The molecule has 0 aliphatic carbocycles. The van der Waals surface area contributed by atoms with E-state index in [1.807, 2.05) is 0 Å². The van der Waals surface area contributed by atoms with Crippen LogP contribution in [0.4, 0.5) is 0 Å². The Morgan fingerprint density at radius 1 is 1.30 bits per heavy atom. The molecule has 23 heavy (non-hydrogen) atoms. The van der Waals surface area contributed by atoms with Crippen LogP contribution in [0.1, 0.15) is 5.69 Å². The number of nitrogens with zero attached hydrogens (tertiary/aromatic N) is 2. The molecule has 0 atom stereocenters. The van der Waals surface area contributed by atoms with Gasteiger partial charge in [0.15, 0.2) is 0 Å². The van der Waals surface area contributed by atoms with Gasteiger partial charge in [0.25, 0.3) is 5.56 Å². The minimum absolute atomic E-state index is 0.00829. The zero-order chi connectivity index (χ0) is 17.0. The molecule has 0 bridgehead atoms. The van der Waals surface area contributed by atoms with Crippen LogP contribution in [0.3, 0.4) is 0 Å². The number of benzene rings is 1. The first-order valence-electron chi connectivity index (χ1n) is 6.71. The molecule has 7 nitrogen and oxygen atoms in total. The average Bonchev–Trinajstić information content (AvgIpc) is 2.50. The SMILES string of the molecule is COc1ccc(Cl)cc1S(=O)(=O)NCCn1nc(C)ccc1=O. The van der Waals surface area contributed by atoms with Crippen molar-refractivity contribution in [3.8, 4) is 5.75 Å². The molecule has 9 heteroatoms. The van der Waals surface area contributed by atoms with Gasteiger partial charge in [0, 0.05) is 17.6 Å². The lowest BCUT2D eigenvalue weighted by atomic mass is 10.3. The van der Waals surface area contributed by atoms with Crippen molar-refractivity contribution in [1.29, 1.82) is 0 Å². The lowest BCUT2D eigenvalue weighted by molar-refractivity contribution is 0.402. The van der Waals surface area contributed by atoms with E-state index in [9.17, 15) is 13.2 Å². The van der Waals surface area contributed by atoms with E-state index in [4.69, 9.17) is 16.3 Å². The van der Waals surface area contributed by atoms with Crippen molar-refractivity contribution in [3.63, 3.8) is 0 Å². The summed E-state index contributed by atoms with van der Waals surface area (Å²) in [6, 6.07) is 7.30. The maximum Gasteiger partial charge on any atom is 0.266 e. The van der Waals surface area contributed by atoms with E-state index in [1.165, 1.54) is 36.1 Å². The molecule has 0 aliphatic heterocycles. The Kier molecular flexibility index (Phi) is 5.40. The third-order valence-corrected chi connectivity index (χ3v) is 4.75. The van der Waals surface area contributed by atoms with Gasteiger partial charge in [0.05, 0.1) is 19.3 Å². The van der Waals surface area contributed by atoms with Crippen LogP contribution < -0.4 is 15.0 Å². The Balaban J connectivity index is 2.15. The number of hydrogen-bond donors (Lipinski definition) is 1. The Hall–Kier alpha value is -1.90. The van der Waals surface area contributed by atoms with Crippen molar-refractivity contribution in [1.82, 2.24) is 14.5 Å². The standard InChI is InChI=1S/C14H16ClN3O4S/c1-10-3-6-14(19)18(17-10)8-7-16-23(20,21)13-9-11(15)4-5-12(13)22-2/h3-6,9,16H,7-8H2,1-2H3. The summed E-state index contributed by atoms with van der Waals surface area (Å²) in [5.41, 5.74) is 0.374. The largest absolute Gasteiger partial charge is 0.495 e. The van der Waals surface area contributed by atoms with Crippen LogP contribution >= 0.6 is 11.6 Å². The maximum absolute atomic E-state index is 12.3. The number of hydrogen-bond acceptors (Lipinski definition) is 5. The quantitative estimate of drug-likeness (QED) is 0.838. The second kappa shape index (κ2) is 7.12. The number of ether oxygens (including phenoxy) is 1. The van der Waals surface area contributed by atoms with Crippen molar-refractivity contribution >= 4 is 21.6 Å². The van der Waals surface area contributed by atoms with Crippen LogP contribution in [0.15, 0.2) is 40.0 Å². The number of aromatic nitrogens is 2. The van der Waals surface area contributed by atoms with Crippen LogP contribution in [0, 0.1) is 6.92 Å². The van der Waals surface area contributed by atoms with Crippen LogP contribution in [0.25, 0.3) is 0 Å². The van der Waals surface area contributed by atoms with E-state index in [-0.39, 0.29) is 34.3 Å². The Morgan fingerprint density at radius 2 is 2.04 bits per heavy atom. The molecule has 1 N–H and O–H groups in total. The van der Waals surface area contributed by atoms with Gasteiger partial charge in [0.1, 0.15) is 10.6 Å². The van der Waals surface area contributed by atoms with E-state index in [1.54, 1.807) is 13.0 Å². The average molecular weight is 358 g/mol. The topological polar surface area (TPSA) is 90.3 Å². The Bertz CT molecular complexity index is 865. The highest BCUT2D eigenvalue weighted by molar-refractivity contribution is 7.89. The van der Waals surface area contributed by atoms with Crippen LogP contribution in [-0.2, 0) is 16.6 Å². The van der Waals surface area contributed by atoms with Crippen molar-refractivity contribution in [2.45, 2.75) is 18.4 Å². The number of aryl methyl sites for hydroxylation is 1. The van der Waals surface area contributed by atoms with Crippen molar-refractivity contribution in [2.75, 3.05) is 13.7 Å². The number of sulfonamides is 1. The van der Waals surface area contributed by atoms with Gasteiger partial charge in [-0.1, -0.05) is 11.6 Å². The molecule has 0 fully saturated rings. The molecule has 124 valence electrons. The molecule has 1 heterocycles. The summed E-state index contributed by atoms with van der Waals surface area (Å²) in [4.78, 5) is 11.6. The second-order valence-corrected chi connectivity index (χ2v) is 6.90. The Labute approximate surface area is 138 Å². The molecule has 0 amide bonds. The highest BCUT2D eigenvalue weighted by Crippen LogP contribution is 2.26. The molecule has 0 saturated heterocycles. The molecule has 2 rings (SSSR count). The fourth-order valence-corrected chi connectivity index (χ4v) is 3.39. The maximum atomic E-state index is 12.3. The molecule has 0 saturated carbocycles. The van der Waals surface area contributed by atoms with Gasteiger partial charge in [0.2, 0.25) is 10.0 Å². The Morgan fingerprint density at radius 3 is 2.74 bits per heavy atom. The summed E-state index contributed by atoms with van der Waals surface area (Å²) in [5, 5.41) is 4.32. The van der Waals surface area contributed by atoms with Crippen LogP contribution in [0.2, 0.25) is 5.02 Å². The summed E-state index contributed by atoms with van der Waals surface area (Å²) in [7, 11) is -2.45. The monoisotopic (exact) mass is 357 g/mol. The molecule has 1 aromatic heterocycles. The van der Waals surface area contributed by atoms with Gasteiger partial charge in [-0.25, -0.2) is 17.8 Å². The number of methoxy groups -OCH3 is 1. The predicted octanol–water partition coefficient (Wildman–Crippen LogP) is 1.19. The highest BCUT2D eigenvalue weighted by atomic mass is 35.5. The van der Waals surface area contributed by atoms with E-state index in [2.05, 4.69) is 9.82 Å². The number of nitrogens with one attached hydrogen (secondary N) is 1. The third-order valence-electron chi connectivity index (χ3n) is 3.03. The highest BCUT2D eigenvalue weighted by Gasteiger charge is 2.19. The van der Waals surface area contributed by atoms with Gasteiger partial charge >= 0.3 is 0 Å². The van der Waals surface area contributed by atoms with Gasteiger partial charge < -0.3 is 4.74 Å². The first-order valence-corrected chi connectivity index (χ1v) is 8.57. The third kappa shape index (κ3) is 4.31. The summed E-state index contributed by atoms with van der Waals surface area (Å²) >= 11 is 5.84. The summed E-state index contributed by atoms with van der Waals surface area (Å²) in [6.45, 7) is 1.87. The molecule has 0 radical (unpaired) electrons. The minimum Gasteiger partial charge on any atom is -0.495 e. The lowest BCUT2D eigenvalue weighted by Gasteiger charge is -2.11. The zero-order valence-corrected chi connectivity index (χ0v) is 14.2. The van der Waals surface area contributed by atoms with Crippen molar-refractivity contribution in [3.05, 3.63) is 51.4 Å². The molecule has 1 aromatic carbocycles. The van der Waals surface area contributed by atoms with Gasteiger partial charge in [-0.05, 0) is 31.2 Å². The molecular formula is C14H16ClN3O4S. The molecule has 0 unspecified atom stereocenters. The molecule has 0 aliphatic rings. The fourth-order valence-electron chi connectivity index (χ4n) is 1.94. The summed E-state index contributed by atoms with van der Waals surface area (Å²) < 4.78 is 33.3. The predicted molar refractivity (Wildman–Crippen MR) is 86.4 cm³/mol. The van der Waals surface area contributed by atoms with Crippen LogP contribution in [0.5, 0.6) is 5.75 Å². The number of halogens is 1. The van der Waals surface area contributed by atoms with Crippen molar-refractivity contribution in [2.24, 2.45) is 0 Å². The number of rotatable bonds is 6. The van der Waals surface area contributed by atoms with E-state index in [0.29, 0.717) is 5.69 Å². The van der Waals surface area contributed by atoms with E-state index >= 15 is 0 Å². The molecular weight excluding hydrogens is 342 g/mol. The van der Waals surface area contributed by atoms with Crippen LogP contribution in [-0.4, -0.2) is 31.9 Å². The van der Waals surface area contributed by atoms with Gasteiger partial charge in [-0.15, -0.1) is 0 Å². The van der Waals surface area contributed by atoms with Gasteiger partial charge in [-0.3, -0.25) is 4.79 Å². The molecule has 2 aromatic rings. The fraction of sp³-hybridized carbons (Fsp3) is 0.286. The summed E-state index contributed by atoms with van der Waals surface area (Å²) in [6.07, 6.45) is 0. The van der Waals surface area contributed by atoms with E-state index < -0.39 is 10.0 Å². The minimum atomic E-state index is -3.82. The second-order valence-electron chi connectivity index (χ2n) is 4.73. The lowest BCUT2D eigenvalue weighted by Crippen LogP contribution is -2.32.